The van der Waals surface area contributed by atoms with Gasteiger partial charge < -0.3 is 24.4 Å². The lowest BCUT2D eigenvalue weighted by Crippen LogP contribution is -2.27. The van der Waals surface area contributed by atoms with Crippen LogP contribution in [-0.4, -0.2) is 51.3 Å². The second-order valence-electron chi connectivity index (χ2n) is 6.41. The van der Waals surface area contributed by atoms with Crippen molar-refractivity contribution in [2.24, 2.45) is 0 Å². The monoisotopic (exact) mass is 398 g/mol. The lowest BCUT2D eigenvalue weighted by atomic mass is 10.1. The first-order valence-electron chi connectivity index (χ1n) is 9.70. The molecule has 0 bridgehead atoms. The zero-order valence-electron chi connectivity index (χ0n) is 17.7. The number of hydrogen-bond acceptors (Lipinski definition) is 6. The molecule has 0 spiro atoms. The quantitative estimate of drug-likeness (QED) is 0.570. The lowest BCUT2D eigenvalue weighted by Gasteiger charge is -2.17. The maximum absolute atomic E-state index is 12.2. The van der Waals surface area contributed by atoms with Crippen LogP contribution in [-0.2, 0) is 4.74 Å². The molecule has 0 unspecified atom stereocenters. The molecule has 0 aliphatic heterocycles. The van der Waals surface area contributed by atoms with E-state index in [2.05, 4.69) is 30.6 Å². The molecule has 0 atom stereocenters. The van der Waals surface area contributed by atoms with Crippen LogP contribution in [0.25, 0.3) is 5.70 Å². The van der Waals surface area contributed by atoms with E-state index in [-0.39, 0.29) is 5.97 Å². The van der Waals surface area contributed by atoms with Crippen LogP contribution in [0, 0.1) is 0 Å². The van der Waals surface area contributed by atoms with E-state index < -0.39 is 0 Å². The van der Waals surface area contributed by atoms with Crippen molar-refractivity contribution in [3.8, 4) is 11.5 Å². The van der Waals surface area contributed by atoms with Crippen molar-refractivity contribution in [3.63, 3.8) is 0 Å². The zero-order valence-corrected chi connectivity index (χ0v) is 17.7. The minimum absolute atomic E-state index is 0.317. The Kier molecular flexibility index (Phi) is 8.55. The summed E-state index contributed by atoms with van der Waals surface area (Å²) in [6, 6.07) is 12.7. The largest absolute Gasteiger partial charge is 0.493 e. The van der Waals surface area contributed by atoms with Crippen LogP contribution in [0.1, 0.15) is 29.8 Å². The van der Waals surface area contributed by atoms with Crippen molar-refractivity contribution in [2.45, 2.75) is 13.8 Å². The summed E-state index contributed by atoms with van der Waals surface area (Å²) in [6.07, 6.45) is 0. The normalized spacial score (nSPS) is 10.5. The molecular formula is C23H30N2O4. The summed E-state index contributed by atoms with van der Waals surface area (Å²) in [5.74, 6) is 0.978. The Hall–Kier alpha value is -2.99. The number of likely N-dealkylation sites (N-methyl/N-ethyl adjacent to an activating group) is 1. The molecule has 0 aliphatic rings. The van der Waals surface area contributed by atoms with Crippen molar-refractivity contribution in [1.29, 1.82) is 0 Å². The van der Waals surface area contributed by atoms with Gasteiger partial charge in [-0.15, -0.1) is 0 Å². The van der Waals surface area contributed by atoms with Gasteiger partial charge in [-0.05, 0) is 55.6 Å². The number of nitrogens with one attached hydrogen (secondary N) is 1. The van der Waals surface area contributed by atoms with E-state index in [1.54, 1.807) is 26.4 Å². The van der Waals surface area contributed by atoms with Crippen LogP contribution in [0.4, 0.5) is 5.69 Å². The molecule has 6 nitrogen and oxygen atoms in total. The average Bonchev–Trinajstić information content (AvgIpc) is 2.76. The number of methoxy groups -OCH3 is 2. The average molecular weight is 399 g/mol. The van der Waals surface area contributed by atoms with Crippen molar-refractivity contribution < 1.29 is 19.0 Å². The molecule has 0 saturated carbocycles. The molecule has 6 heteroatoms. The SMILES string of the molecule is C=C(Nc1ccc(C(=O)OCCN(CC)CC)cc1)c1ccc(OC)c(OC)c1. The molecule has 29 heavy (non-hydrogen) atoms. The topological polar surface area (TPSA) is 60.0 Å². The number of carbonyl (C=O) groups is 1. The van der Waals surface area contributed by atoms with Crippen LogP contribution in [0.15, 0.2) is 49.0 Å². The third-order valence-corrected chi connectivity index (χ3v) is 4.68. The van der Waals surface area contributed by atoms with E-state index in [9.17, 15) is 4.79 Å². The summed E-state index contributed by atoms with van der Waals surface area (Å²) >= 11 is 0. The molecule has 0 radical (unpaired) electrons. The number of rotatable bonds is 11. The minimum Gasteiger partial charge on any atom is -0.493 e. The molecule has 0 saturated heterocycles. The standard InChI is InChI=1S/C23H30N2O4/c1-6-25(7-2)14-15-29-23(26)18-8-11-20(12-9-18)24-17(3)19-10-13-21(27-4)22(16-19)28-5/h8-13,16,24H,3,6-7,14-15H2,1-2,4-5H3. The van der Waals surface area contributed by atoms with Crippen molar-refractivity contribution in [3.05, 3.63) is 60.2 Å². The summed E-state index contributed by atoms with van der Waals surface area (Å²) < 4.78 is 15.9. The van der Waals surface area contributed by atoms with Crippen LogP contribution in [0.3, 0.4) is 0 Å². The summed E-state index contributed by atoms with van der Waals surface area (Å²) in [6.45, 7) is 11.3. The number of benzene rings is 2. The number of nitrogens with zero attached hydrogens (tertiary/aromatic N) is 1. The fourth-order valence-electron chi connectivity index (χ4n) is 2.85. The first kappa shape index (κ1) is 22.3. The van der Waals surface area contributed by atoms with Crippen molar-refractivity contribution in [2.75, 3.05) is 45.8 Å². The van der Waals surface area contributed by atoms with Crippen molar-refractivity contribution >= 4 is 17.4 Å². The number of ether oxygens (including phenoxy) is 3. The molecule has 2 rings (SSSR count). The molecule has 156 valence electrons. The first-order chi connectivity index (χ1) is 14.0. The zero-order chi connectivity index (χ0) is 21.2. The van der Waals surface area contributed by atoms with E-state index in [0.29, 0.717) is 29.4 Å². The van der Waals surface area contributed by atoms with Gasteiger partial charge in [-0.25, -0.2) is 4.79 Å². The molecular weight excluding hydrogens is 368 g/mol. The second kappa shape index (κ2) is 11.1. The van der Waals surface area contributed by atoms with Gasteiger partial charge in [-0.1, -0.05) is 20.4 Å². The maximum Gasteiger partial charge on any atom is 0.338 e. The highest BCUT2D eigenvalue weighted by atomic mass is 16.5. The van der Waals surface area contributed by atoms with E-state index in [1.807, 2.05) is 30.3 Å². The summed E-state index contributed by atoms with van der Waals surface area (Å²) in [5.41, 5.74) is 2.93. The predicted octanol–water partition coefficient (Wildman–Crippen LogP) is 4.29. The van der Waals surface area contributed by atoms with E-state index in [4.69, 9.17) is 14.2 Å². The molecule has 0 heterocycles. The first-order valence-corrected chi connectivity index (χ1v) is 9.70. The van der Waals surface area contributed by atoms with Gasteiger partial charge in [0.15, 0.2) is 11.5 Å². The van der Waals surface area contributed by atoms with Crippen molar-refractivity contribution in [1.82, 2.24) is 4.90 Å². The Labute approximate surface area is 173 Å². The van der Waals surface area contributed by atoms with Crippen LogP contribution < -0.4 is 14.8 Å². The van der Waals surface area contributed by atoms with Gasteiger partial charge in [0.05, 0.1) is 19.8 Å². The van der Waals surface area contributed by atoms with Gasteiger partial charge >= 0.3 is 5.97 Å². The van der Waals surface area contributed by atoms with Crippen LogP contribution in [0.2, 0.25) is 0 Å². The molecule has 0 fully saturated rings. The van der Waals surface area contributed by atoms with Gasteiger partial charge in [0.1, 0.15) is 6.61 Å². The third-order valence-electron chi connectivity index (χ3n) is 4.68. The van der Waals surface area contributed by atoms with E-state index in [0.717, 1.165) is 30.9 Å². The van der Waals surface area contributed by atoms with Gasteiger partial charge in [0.25, 0.3) is 0 Å². The van der Waals surface area contributed by atoms with Crippen LogP contribution in [0.5, 0.6) is 11.5 Å². The Morgan fingerprint density at radius 2 is 1.59 bits per heavy atom. The summed E-state index contributed by atoms with van der Waals surface area (Å²) in [5, 5.41) is 3.24. The Morgan fingerprint density at radius 3 is 2.17 bits per heavy atom. The number of carbonyl (C=O) groups excluding carboxylic acids is 1. The Balaban J connectivity index is 1.94. The molecule has 0 amide bonds. The lowest BCUT2D eigenvalue weighted by molar-refractivity contribution is 0.0466. The molecule has 2 aromatic rings. The fourth-order valence-corrected chi connectivity index (χ4v) is 2.85. The fraction of sp³-hybridized carbons (Fsp3) is 0.348. The molecule has 0 aromatic heterocycles. The Bertz CT molecular complexity index is 814. The van der Waals surface area contributed by atoms with E-state index >= 15 is 0 Å². The highest BCUT2D eigenvalue weighted by molar-refractivity contribution is 5.90. The maximum atomic E-state index is 12.2. The Morgan fingerprint density at radius 1 is 0.966 bits per heavy atom. The minimum atomic E-state index is -0.317. The second-order valence-corrected chi connectivity index (χ2v) is 6.41. The van der Waals surface area contributed by atoms with E-state index in [1.165, 1.54) is 0 Å². The predicted molar refractivity (Wildman–Crippen MR) is 117 cm³/mol. The van der Waals surface area contributed by atoms with Crippen LogP contribution >= 0.6 is 0 Å². The van der Waals surface area contributed by atoms with Gasteiger partial charge in [0, 0.05) is 23.5 Å². The highest BCUT2D eigenvalue weighted by Gasteiger charge is 2.10. The number of anilines is 1. The van der Waals surface area contributed by atoms with Gasteiger partial charge in [-0.3, -0.25) is 0 Å². The summed E-state index contributed by atoms with van der Waals surface area (Å²) in [7, 11) is 3.19. The highest BCUT2D eigenvalue weighted by Crippen LogP contribution is 2.30. The number of hydrogen-bond donors (Lipinski definition) is 1. The van der Waals surface area contributed by atoms with Gasteiger partial charge in [-0.2, -0.15) is 0 Å². The molecule has 1 N–H and O–H groups in total. The molecule has 0 aliphatic carbocycles. The summed E-state index contributed by atoms with van der Waals surface area (Å²) in [4.78, 5) is 14.4. The smallest absolute Gasteiger partial charge is 0.338 e. The third kappa shape index (κ3) is 6.26. The number of esters is 1. The molecule has 2 aromatic carbocycles. The van der Waals surface area contributed by atoms with Gasteiger partial charge in [0.2, 0.25) is 0 Å².